The van der Waals surface area contributed by atoms with Crippen LogP contribution in [0, 0.1) is 6.92 Å². The second-order valence-corrected chi connectivity index (χ2v) is 4.42. The molecule has 0 aromatic heterocycles. The first-order valence-electron chi connectivity index (χ1n) is 6.30. The van der Waals surface area contributed by atoms with E-state index in [1.54, 1.807) is 6.08 Å². The normalized spacial score (nSPS) is 12.3. The van der Waals surface area contributed by atoms with Crippen LogP contribution in [0.1, 0.15) is 17.5 Å². The maximum absolute atomic E-state index is 11.7. The molecular formula is C15H19NO4. The molecule has 5 heteroatoms. The Bertz CT molecular complexity index is 479. The van der Waals surface area contributed by atoms with Crippen LogP contribution in [0.3, 0.4) is 0 Å². The quantitative estimate of drug-likeness (QED) is 0.742. The maximum atomic E-state index is 11.7. The molecule has 0 saturated carbocycles. The minimum absolute atomic E-state index is 0.232. The van der Waals surface area contributed by atoms with Crippen LogP contribution in [0.5, 0.6) is 0 Å². The van der Waals surface area contributed by atoms with Crippen molar-refractivity contribution in [2.45, 2.75) is 19.4 Å². The predicted molar refractivity (Wildman–Crippen MR) is 76.3 cm³/mol. The molecule has 1 aromatic rings. The van der Waals surface area contributed by atoms with Crippen molar-refractivity contribution in [3.05, 3.63) is 41.5 Å². The topological polar surface area (TPSA) is 75.6 Å². The number of carbonyl (C=O) groups excluding carboxylic acids is 1. The van der Waals surface area contributed by atoms with Gasteiger partial charge in [0.2, 0.25) is 5.91 Å². The summed E-state index contributed by atoms with van der Waals surface area (Å²) in [6.07, 6.45) is 3.20. The van der Waals surface area contributed by atoms with E-state index in [1.165, 1.54) is 13.2 Å². The smallest absolute Gasteiger partial charge is 0.326 e. The van der Waals surface area contributed by atoms with Crippen LogP contribution < -0.4 is 5.32 Å². The van der Waals surface area contributed by atoms with Gasteiger partial charge in [-0.3, -0.25) is 4.79 Å². The van der Waals surface area contributed by atoms with Gasteiger partial charge in [0, 0.05) is 26.2 Å². The van der Waals surface area contributed by atoms with Gasteiger partial charge in [0.05, 0.1) is 0 Å². The molecule has 0 aliphatic rings. The standard InChI is InChI=1S/C15H19NO4/c1-11-3-5-12(6-4-11)7-8-14(17)16-13(15(18)19)9-10-20-2/h3-8,13H,9-10H2,1-2H3,(H,16,17)(H,18,19). The summed E-state index contributed by atoms with van der Waals surface area (Å²) in [7, 11) is 1.48. The maximum Gasteiger partial charge on any atom is 0.326 e. The lowest BCUT2D eigenvalue weighted by Gasteiger charge is -2.12. The summed E-state index contributed by atoms with van der Waals surface area (Å²) in [5.41, 5.74) is 2.02. The molecule has 0 spiro atoms. The molecule has 20 heavy (non-hydrogen) atoms. The molecule has 0 saturated heterocycles. The number of carboxylic acid groups (broad SMARTS) is 1. The van der Waals surface area contributed by atoms with E-state index >= 15 is 0 Å². The van der Waals surface area contributed by atoms with E-state index in [0.29, 0.717) is 0 Å². The fraction of sp³-hybridized carbons (Fsp3) is 0.333. The number of aliphatic carboxylic acids is 1. The Kier molecular flexibility index (Phi) is 6.46. The van der Waals surface area contributed by atoms with Crippen molar-refractivity contribution in [3.8, 4) is 0 Å². The molecule has 1 rings (SSSR count). The van der Waals surface area contributed by atoms with E-state index in [2.05, 4.69) is 5.32 Å². The number of carboxylic acids is 1. The zero-order valence-electron chi connectivity index (χ0n) is 11.6. The van der Waals surface area contributed by atoms with Crippen LogP contribution in [-0.4, -0.2) is 36.7 Å². The van der Waals surface area contributed by atoms with Crippen molar-refractivity contribution >= 4 is 18.0 Å². The fourth-order valence-electron chi connectivity index (χ4n) is 1.56. The van der Waals surface area contributed by atoms with Gasteiger partial charge in [-0.1, -0.05) is 29.8 Å². The van der Waals surface area contributed by atoms with E-state index in [0.717, 1.165) is 11.1 Å². The van der Waals surface area contributed by atoms with E-state index in [4.69, 9.17) is 9.84 Å². The molecular weight excluding hydrogens is 258 g/mol. The lowest BCUT2D eigenvalue weighted by atomic mass is 10.1. The van der Waals surface area contributed by atoms with E-state index in [-0.39, 0.29) is 13.0 Å². The summed E-state index contributed by atoms with van der Waals surface area (Å²) in [5, 5.41) is 11.4. The molecule has 0 aliphatic heterocycles. The largest absolute Gasteiger partial charge is 0.480 e. The van der Waals surface area contributed by atoms with Gasteiger partial charge in [-0.15, -0.1) is 0 Å². The van der Waals surface area contributed by atoms with Crippen molar-refractivity contribution in [2.24, 2.45) is 0 Å². The highest BCUT2D eigenvalue weighted by atomic mass is 16.5. The van der Waals surface area contributed by atoms with E-state index in [9.17, 15) is 9.59 Å². The molecule has 0 bridgehead atoms. The van der Waals surface area contributed by atoms with Gasteiger partial charge in [-0.05, 0) is 18.6 Å². The van der Waals surface area contributed by atoms with Gasteiger partial charge in [0.15, 0.2) is 0 Å². The van der Waals surface area contributed by atoms with Crippen LogP contribution in [0.15, 0.2) is 30.3 Å². The Morgan fingerprint density at radius 2 is 2.00 bits per heavy atom. The molecule has 1 unspecified atom stereocenters. The van der Waals surface area contributed by atoms with Crippen LogP contribution in [0.2, 0.25) is 0 Å². The number of hydrogen-bond donors (Lipinski definition) is 2. The Labute approximate surface area is 118 Å². The highest BCUT2D eigenvalue weighted by molar-refractivity contribution is 5.94. The highest BCUT2D eigenvalue weighted by Gasteiger charge is 2.18. The molecule has 0 radical (unpaired) electrons. The SMILES string of the molecule is COCCC(NC(=O)C=Cc1ccc(C)cc1)C(=O)O. The first kappa shape index (κ1) is 15.9. The zero-order chi connectivity index (χ0) is 15.0. The van der Waals surface area contributed by atoms with Crippen molar-refractivity contribution in [3.63, 3.8) is 0 Å². The van der Waals surface area contributed by atoms with Crippen molar-refractivity contribution in [2.75, 3.05) is 13.7 Å². The summed E-state index contributed by atoms with van der Waals surface area (Å²) >= 11 is 0. The Balaban J connectivity index is 2.56. The van der Waals surface area contributed by atoms with E-state index < -0.39 is 17.9 Å². The molecule has 1 amide bonds. The summed E-state index contributed by atoms with van der Waals surface area (Å²) in [6, 6.07) is 6.72. The van der Waals surface area contributed by atoms with Gasteiger partial charge < -0.3 is 15.2 Å². The Morgan fingerprint density at radius 3 is 2.55 bits per heavy atom. The highest BCUT2D eigenvalue weighted by Crippen LogP contribution is 2.05. The van der Waals surface area contributed by atoms with Gasteiger partial charge in [0.25, 0.3) is 0 Å². The van der Waals surface area contributed by atoms with Gasteiger partial charge in [0.1, 0.15) is 6.04 Å². The van der Waals surface area contributed by atoms with Gasteiger partial charge in [-0.2, -0.15) is 0 Å². The van der Waals surface area contributed by atoms with Crippen molar-refractivity contribution in [1.82, 2.24) is 5.32 Å². The van der Waals surface area contributed by atoms with Crippen molar-refractivity contribution in [1.29, 1.82) is 0 Å². The summed E-state index contributed by atoms with van der Waals surface area (Å²) < 4.78 is 4.81. The zero-order valence-corrected chi connectivity index (χ0v) is 11.6. The number of nitrogens with one attached hydrogen (secondary N) is 1. The number of rotatable bonds is 7. The van der Waals surface area contributed by atoms with Gasteiger partial charge in [-0.25, -0.2) is 4.79 Å². The number of methoxy groups -OCH3 is 1. The molecule has 5 nitrogen and oxygen atoms in total. The number of benzene rings is 1. The molecule has 2 N–H and O–H groups in total. The summed E-state index contributed by atoms with van der Waals surface area (Å²) in [5.74, 6) is -1.51. The third-order valence-electron chi connectivity index (χ3n) is 2.73. The average Bonchev–Trinajstić information content (AvgIpc) is 2.42. The Morgan fingerprint density at radius 1 is 1.35 bits per heavy atom. The third-order valence-corrected chi connectivity index (χ3v) is 2.73. The molecule has 1 atom stereocenters. The van der Waals surface area contributed by atoms with Crippen molar-refractivity contribution < 1.29 is 19.4 Å². The summed E-state index contributed by atoms with van der Waals surface area (Å²) in [6.45, 7) is 2.26. The lowest BCUT2D eigenvalue weighted by Crippen LogP contribution is -2.40. The minimum atomic E-state index is -1.07. The second-order valence-electron chi connectivity index (χ2n) is 4.42. The fourth-order valence-corrected chi connectivity index (χ4v) is 1.56. The number of hydrogen-bond acceptors (Lipinski definition) is 3. The number of carbonyl (C=O) groups is 2. The predicted octanol–water partition coefficient (Wildman–Crippen LogP) is 1.61. The van der Waals surface area contributed by atoms with Crippen LogP contribution >= 0.6 is 0 Å². The summed E-state index contributed by atoms with van der Waals surface area (Å²) in [4.78, 5) is 22.6. The second kappa shape index (κ2) is 8.12. The minimum Gasteiger partial charge on any atom is -0.480 e. The Hall–Kier alpha value is -2.14. The first-order valence-corrected chi connectivity index (χ1v) is 6.30. The number of ether oxygens (including phenoxy) is 1. The number of aryl methyl sites for hydroxylation is 1. The molecule has 108 valence electrons. The molecule has 0 heterocycles. The van der Waals surface area contributed by atoms with Gasteiger partial charge >= 0.3 is 5.97 Å². The third kappa shape index (κ3) is 5.67. The molecule has 0 fully saturated rings. The van der Waals surface area contributed by atoms with Crippen LogP contribution in [0.25, 0.3) is 6.08 Å². The van der Waals surface area contributed by atoms with Crippen LogP contribution in [-0.2, 0) is 14.3 Å². The number of amides is 1. The van der Waals surface area contributed by atoms with E-state index in [1.807, 2.05) is 31.2 Å². The monoisotopic (exact) mass is 277 g/mol. The molecule has 0 aliphatic carbocycles. The average molecular weight is 277 g/mol. The first-order chi connectivity index (χ1) is 9.52. The van der Waals surface area contributed by atoms with Crippen LogP contribution in [0.4, 0.5) is 0 Å². The lowest BCUT2D eigenvalue weighted by molar-refractivity contribution is -0.141. The molecule has 1 aromatic carbocycles.